The summed E-state index contributed by atoms with van der Waals surface area (Å²) in [5.41, 5.74) is 1.59. The van der Waals surface area contributed by atoms with Crippen LogP contribution in [-0.2, 0) is 16.0 Å². The molecule has 2 aromatic carbocycles. The first kappa shape index (κ1) is 19.9. The van der Waals surface area contributed by atoms with Gasteiger partial charge in [0.15, 0.2) is 12.5 Å². The van der Waals surface area contributed by atoms with Gasteiger partial charge in [0.2, 0.25) is 0 Å². The molecule has 6 heteroatoms. The van der Waals surface area contributed by atoms with E-state index in [9.17, 15) is 9.59 Å². The lowest BCUT2D eigenvalue weighted by molar-refractivity contribution is -0.127. The summed E-state index contributed by atoms with van der Waals surface area (Å²) in [6.07, 6.45) is 0.132. The molecule has 0 spiro atoms. The summed E-state index contributed by atoms with van der Waals surface area (Å²) in [5, 5.41) is 0. The van der Waals surface area contributed by atoms with E-state index in [-0.39, 0.29) is 18.4 Å². The van der Waals surface area contributed by atoms with Gasteiger partial charge in [-0.1, -0.05) is 24.3 Å². The van der Waals surface area contributed by atoms with Crippen molar-refractivity contribution in [1.82, 2.24) is 4.90 Å². The Labute approximate surface area is 165 Å². The third kappa shape index (κ3) is 4.89. The van der Waals surface area contributed by atoms with Crippen LogP contribution in [0.2, 0.25) is 0 Å². The molecular weight excluding hydrogens is 358 g/mol. The highest BCUT2D eigenvalue weighted by atomic mass is 16.5. The Balaban J connectivity index is 1.49. The fraction of sp³-hybridized carbons (Fsp3) is 0.364. The lowest BCUT2D eigenvalue weighted by Gasteiger charge is -2.28. The van der Waals surface area contributed by atoms with Gasteiger partial charge >= 0.3 is 0 Å². The van der Waals surface area contributed by atoms with E-state index in [2.05, 4.69) is 0 Å². The molecule has 0 aromatic heterocycles. The van der Waals surface area contributed by atoms with Gasteiger partial charge in [0.1, 0.15) is 24.2 Å². The number of hydrogen-bond acceptors (Lipinski definition) is 5. The van der Waals surface area contributed by atoms with Gasteiger partial charge in [-0.3, -0.25) is 9.59 Å². The molecular formula is C22H25NO5. The maximum absolute atomic E-state index is 12.5. The highest BCUT2D eigenvalue weighted by Gasteiger charge is 2.24. The molecule has 0 radical (unpaired) electrons. The van der Waals surface area contributed by atoms with Gasteiger partial charge in [0.25, 0.3) is 5.91 Å². The Bertz CT molecular complexity index is 818. The Morgan fingerprint density at radius 2 is 1.93 bits per heavy atom. The summed E-state index contributed by atoms with van der Waals surface area (Å²) >= 11 is 0. The SMILES string of the molecule is CCOC(Cc1ccc(OCCN2COc3ccccc3C2=O)cc1)C(C)=O. The Hall–Kier alpha value is -2.86. The summed E-state index contributed by atoms with van der Waals surface area (Å²) < 4.78 is 16.8. The quantitative estimate of drug-likeness (QED) is 0.666. The number of benzene rings is 2. The maximum Gasteiger partial charge on any atom is 0.260 e. The normalized spacial score (nSPS) is 14.2. The van der Waals surface area contributed by atoms with Crippen LogP contribution >= 0.6 is 0 Å². The van der Waals surface area contributed by atoms with E-state index in [1.165, 1.54) is 0 Å². The van der Waals surface area contributed by atoms with Crippen molar-refractivity contribution in [3.63, 3.8) is 0 Å². The molecule has 0 aliphatic carbocycles. The minimum absolute atomic E-state index is 0.0252. The molecule has 3 rings (SSSR count). The highest BCUT2D eigenvalue weighted by Crippen LogP contribution is 2.24. The summed E-state index contributed by atoms with van der Waals surface area (Å²) in [6.45, 7) is 4.96. The number of carbonyl (C=O) groups excluding carboxylic acids is 2. The summed E-state index contributed by atoms with van der Waals surface area (Å²) in [4.78, 5) is 25.7. The Kier molecular flexibility index (Phi) is 6.66. The Morgan fingerprint density at radius 1 is 1.18 bits per heavy atom. The van der Waals surface area contributed by atoms with E-state index in [1.54, 1.807) is 24.0 Å². The predicted molar refractivity (Wildman–Crippen MR) is 105 cm³/mol. The van der Waals surface area contributed by atoms with E-state index in [0.29, 0.717) is 43.2 Å². The van der Waals surface area contributed by atoms with Crippen LogP contribution in [0.1, 0.15) is 29.8 Å². The summed E-state index contributed by atoms with van der Waals surface area (Å²) in [5.74, 6) is 1.31. The van der Waals surface area contributed by atoms with Crippen molar-refractivity contribution in [1.29, 1.82) is 0 Å². The number of nitrogens with zero attached hydrogens (tertiary/aromatic N) is 1. The number of rotatable bonds is 9. The van der Waals surface area contributed by atoms with E-state index in [1.807, 2.05) is 43.3 Å². The zero-order chi connectivity index (χ0) is 19.9. The average Bonchev–Trinajstić information content (AvgIpc) is 2.70. The summed E-state index contributed by atoms with van der Waals surface area (Å²) in [6, 6.07) is 14.8. The lowest BCUT2D eigenvalue weighted by atomic mass is 10.1. The third-order valence-corrected chi connectivity index (χ3v) is 4.58. The molecule has 1 atom stereocenters. The van der Waals surface area contributed by atoms with Crippen molar-refractivity contribution in [2.75, 3.05) is 26.5 Å². The topological polar surface area (TPSA) is 65.1 Å². The van der Waals surface area contributed by atoms with E-state index in [0.717, 1.165) is 5.56 Å². The van der Waals surface area contributed by atoms with Crippen LogP contribution in [0.3, 0.4) is 0 Å². The zero-order valence-electron chi connectivity index (χ0n) is 16.2. The second kappa shape index (κ2) is 9.37. The van der Waals surface area contributed by atoms with Crippen LogP contribution in [-0.4, -0.2) is 49.2 Å². The van der Waals surface area contributed by atoms with E-state index in [4.69, 9.17) is 14.2 Å². The second-order valence-corrected chi connectivity index (χ2v) is 6.59. The van der Waals surface area contributed by atoms with E-state index < -0.39 is 6.10 Å². The molecule has 0 saturated carbocycles. The Morgan fingerprint density at radius 3 is 2.64 bits per heavy atom. The van der Waals surface area contributed by atoms with Crippen molar-refractivity contribution >= 4 is 11.7 Å². The van der Waals surface area contributed by atoms with E-state index >= 15 is 0 Å². The molecule has 148 valence electrons. The fourth-order valence-electron chi connectivity index (χ4n) is 3.04. The number of fused-ring (bicyclic) bond motifs is 1. The summed E-state index contributed by atoms with van der Waals surface area (Å²) in [7, 11) is 0. The van der Waals surface area contributed by atoms with Gasteiger partial charge in [0.05, 0.1) is 12.1 Å². The first-order valence-electron chi connectivity index (χ1n) is 9.43. The van der Waals surface area contributed by atoms with Crippen molar-refractivity contribution in [3.05, 3.63) is 59.7 Å². The number of para-hydroxylation sites is 1. The molecule has 1 aliphatic heterocycles. The minimum Gasteiger partial charge on any atom is -0.492 e. The first-order valence-corrected chi connectivity index (χ1v) is 9.43. The maximum atomic E-state index is 12.5. The van der Waals surface area contributed by atoms with Crippen LogP contribution in [0.15, 0.2) is 48.5 Å². The molecule has 0 fully saturated rings. The fourth-order valence-corrected chi connectivity index (χ4v) is 3.04. The monoisotopic (exact) mass is 383 g/mol. The molecule has 6 nitrogen and oxygen atoms in total. The van der Waals surface area contributed by atoms with Crippen molar-refractivity contribution in [2.24, 2.45) is 0 Å². The van der Waals surface area contributed by atoms with Gasteiger partial charge in [-0.05, 0) is 43.7 Å². The molecule has 1 amide bonds. The van der Waals surface area contributed by atoms with Crippen LogP contribution < -0.4 is 9.47 Å². The average molecular weight is 383 g/mol. The van der Waals surface area contributed by atoms with Crippen molar-refractivity contribution in [2.45, 2.75) is 26.4 Å². The second-order valence-electron chi connectivity index (χ2n) is 6.59. The number of hydrogen-bond donors (Lipinski definition) is 0. The van der Waals surface area contributed by atoms with Gasteiger partial charge in [-0.25, -0.2) is 0 Å². The van der Waals surface area contributed by atoms with Crippen molar-refractivity contribution in [3.8, 4) is 11.5 Å². The lowest BCUT2D eigenvalue weighted by Crippen LogP contribution is -2.40. The van der Waals surface area contributed by atoms with Gasteiger partial charge in [0, 0.05) is 13.0 Å². The molecule has 2 aromatic rings. The standard InChI is InChI=1S/C22H25NO5/c1-3-26-21(16(2)24)14-17-8-10-18(11-9-17)27-13-12-23-15-28-20-7-5-4-6-19(20)22(23)25/h4-11,21H,3,12-15H2,1-2H3. The third-order valence-electron chi connectivity index (χ3n) is 4.58. The molecule has 1 aliphatic rings. The zero-order valence-corrected chi connectivity index (χ0v) is 16.2. The van der Waals surface area contributed by atoms with Gasteiger partial charge < -0.3 is 19.1 Å². The number of ketones is 1. The highest BCUT2D eigenvalue weighted by molar-refractivity contribution is 5.97. The van der Waals surface area contributed by atoms with Crippen molar-refractivity contribution < 1.29 is 23.8 Å². The number of Topliss-reactive ketones (excluding diaryl/α,β-unsaturated/α-hetero) is 1. The van der Waals surface area contributed by atoms with Crippen LogP contribution in [0.5, 0.6) is 11.5 Å². The molecule has 1 heterocycles. The minimum atomic E-state index is -0.412. The molecule has 28 heavy (non-hydrogen) atoms. The molecule has 0 saturated heterocycles. The number of amides is 1. The predicted octanol–water partition coefficient (Wildman–Crippen LogP) is 3.09. The molecule has 0 bridgehead atoms. The van der Waals surface area contributed by atoms with Crippen LogP contribution in [0, 0.1) is 0 Å². The smallest absolute Gasteiger partial charge is 0.260 e. The van der Waals surface area contributed by atoms with Gasteiger partial charge in [-0.2, -0.15) is 0 Å². The molecule has 0 N–H and O–H groups in total. The van der Waals surface area contributed by atoms with Crippen LogP contribution in [0.4, 0.5) is 0 Å². The molecule has 1 unspecified atom stereocenters. The first-order chi connectivity index (χ1) is 13.6. The van der Waals surface area contributed by atoms with Gasteiger partial charge in [-0.15, -0.1) is 0 Å². The number of carbonyl (C=O) groups is 2. The number of ether oxygens (including phenoxy) is 3. The van der Waals surface area contributed by atoms with Crippen LogP contribution in [0.25, 0.3) is 0 Å². The largest absolute Gasteiger partial charge is 0.492 e.